The first-order valence-corrected chi connectivity index (χ1v) is 6.60. The van der Waals surface area contributed by atoms with Gasteiger partial charge in [-0.1, -0.05) is 6.07 Å². The first-order chi connectivity index (χ1) is 9.77. The van der Waals surface area contributed by atoms with Crippen molar-refractivity contribution in [3.05, 3.63) is 34.4 Å². The molecule has 0 radical (unpaired) electrons. The van der Waals surface area contributed by atoms with Crippen LogP contribution in [0.2, 0.25) is 0 Å². The summed E-state index contributed by atoms with van der Waals surface area (Å²) in [5.74, 6) is -1.07. The monoisotopic (exact) mass is 298 g/mol. The smallest absolute Gasteiger partial charge is 0.430 e. The van der Waals surface area contributed by atoms with Crippen molar-refractivity contribution in [2.24, 2.45) is 0 Å². The molecule has 1 unspecified atom stereocenters. The maximum absolute atomic E-state index is 13.0. The van der Waals surface area contributed by atoms with Crippen LogP contribution in [0.5, 0.6) is 5.75 Å². The number of carboxylic acid groups (broad SMARTS) is 1. The third-order valence-electron chi connectivity index (χ3n) is 3.75. The largest absolute Gasteiger partial charge is 0.478 e. The molecule has 0 aromatic heterocycles. The Balaban J connectivity index is 2.11. The summed E-state index contributed by atoms with van der Waals surface area (Å²) in [7, 11) is 0. The van der Waals surface area contributed by atoms with E-state index < -0.39 is 23.8 Å². The minimum atomic E-state index is -4.76. The van der Waals surface area contributed by atoms with Gasteiger partial charge in [0.15, 0.2) is 0 Å². The molecule has 1 aliphatic carbocycles. The number of halogens is 3. The molecule has 1 aromatic rings. The SMILES string of the molecule is Cc1cc(C2CC2)cc2c1OC(C(F)(F)F)C(C(=O)O)=C2. The van der Waals surface area contributed by atoms with Gasteiger partial charge in [0.2, 0.25) is 6.10 Å². The Hall–Kier alpha value is -1.98. The zero-order valence-electron chi connectivity index (χ0n) is 11.2. The Morgan fingerprint density at radius 2 is 2.00 bits per heavy atom. The molecular weight excluding hydrogens is 285 g/mol. The number of alkyl halides is 3. The lowest BCUT2D eigenvalue weighted by Gasteiger charge is -2.28. The van der Waals surface area contributed by atoms with Gasteiger partial charge >= 0.3 is 12.1 Å². The van der Waals surface area contributed by atoms with Gasteiger partial charge in [0.25, 0.3) is 0 Å². The highest BCUT2D eigenvalue weighted by Gasteiger charge is 2.48. The standard InChI is InChI=1S/C15H13F3O3/c1-7-4-9(8-2-3-8)5-10-6-11(14(19)20)13(15(16,17)18)21-12(7)10/h4-6,8,13H,2-3H2,1H3,(H,19,20). The molecule has 0 spiro atoms. The molecule has 1 saturated carbocycles. The second-order valence-electron chi connectivity index (χ2n) is 5.47. The lowest BCUT2D eigenvalue weighted by Crippen LogP contribution is -2.40. The average molecular weight is 298 g/mol. The van der Waals surface area contributed by atoms with Crippen LogP contribution >= 0.6 is 0 Å². The van der Waals surface area contributed by atoms with E-state index in [0.29, 0.717) is 17.0 Å². The molecule has 0 saturated heterocycles. The Labute approximate surface area is 119 Å². The van der Waals surface area contributed by atoms with Crippen LogP contribution in [-0.4, -0.2) is 23.4 Å². The number of benzene rings is 1. The molecule has 2 aliphatic rings. The van der Waals surface area contributed by atoms with Crippen LogP contribution in [0, 0.1) is 6.92 Å². The first-order valence-electron chi connectivity index (χ1n) is 6.60. The molecule has 112 valence electrons. The second-order valence-corrected chi connectivity index (χ2v) is 5.47. The van der Waals surface area contributed by atoms with Gasteiger partial charge in [-0.3, -0.25) is 0 Å². The lowest BCUT2D eigenvalue weighted by molar-refractivity contribution is -0.187. The van der Waals surface area contributed by atoms with E-state index >= 15 is 0 Å². The summed E-state index contributed by atoms with van der Waals surface area (Å²) >= 11 is 0. The number of aliphatic carboxylic acids is 1. The van der Waals surface area contributed by atoms with Crippen LogP contribution in [-0.2, 0) is 4.79 Å². The first kappa shape index (κ1) is 14.0. The van der Waals surface area contributed by atoms with E-state index in [0.717, 1.165) is 24.5 Å². The van der Waals surface area contributed by atoms with Crippen LogP contribution in [0.4, 0.5) is 13.2 Å². The predicted octanol–water partition coefficient (Wildman–Crippen LogP) is 3.66. The van der Waals surface area contributed by atoms with Gasteiger partial charge in [-0.15, -0.1) is 0 Å². The van der Waals surface area contributed by atoms with Crippen molar-refractivity contribution in [1.82, 2.24) is 0 Å². The molecule has 1 atom stereocenters. The zero-order chi connectivity index (χ0) is 15.4. The quantitative estimate of drug-likeness (QED) is 0.906. The number of ether oxygens (including phenoxy) is 1. The summed E-state index contributed by atoms with van der Waals surface area (Å²) < 4.78 is 43.9. The Morgan fingerprint density at radius 3 is 2.52 bits per heavy atom. The molecule has 1 heterocycles. The van der Waals surface area contributed by atoms with E-state index in [2.05, 4.69) is 0 Å². The fourth-order valence-electron chi connectivity index (χ4n) is 2.59. The van der Waals surface area contributed by atoms with Crippen molar-refractivity contribution >= 4 is 12.0 Å². The molecule has 6 heteroatoms. The van der Waals surface area contributed by atoms with Gasteiger partial charge in [-0.25, -0.2) is 4.79 Å². The minimum absolute atomic E-state index is 0.117. The van der Waals surface area contributed by atoms with Gasteiger partial charge in [-0.05, 0) is 49.0 Å². The maximum atomic E-state index is 13.0. The van der Waals surface area contributed by atoms with Crippen molar-refractivity contribution in [1.29, 1.82) is 0 Å². The molecule has 1 fully saturated rings. The highest BCUT2D eigenvalue weighted by Crippen LogP contribution is 2.45. The summed E-state index contributed by atoms with van der Waals surface area (Å²) in [6.45, 7) is 1.68. The number of hydrogen-bond donors (Lipinski definition) is 1. The number of hydrogen-bond acceptors (Lipinski definition) is 2. The van der Waals surface area contributed by atoms with Crippen molar-refractivity contribution in [2.45, 2.75) is 38.0 Å². The van der Waals surface area contributed by atoms with E-state index in [9.17, 15) is 18.0 Å². The summed E-state index contributed by atoms with van der Waals surface area (Å²) in [6.07, 6.45) is -3.99. The molecule has 3 nitrogen and oxygen atoms in total. The highest BCUT2D eigenvalue weighted by molar-refractivity contribution is 5.95. The van der Waals surface area contributed by atoms with Crippen LogP contribution in [0.25, 0.3) is 6.08 Å². The van der Waals surface area contributed by atoms with Crippen LogP contribution in [0.3, 0.4) is 0 Å². The third kappa shape index (κ3) is 2.50. The number of carbonyl (C=O) groups is 1. The van der Waals surface area contributed by atoms with Crippen molar-refractivity contribution < 1.29 is 27.8 Å². The number of rotatable bonds is 2. The zero-order valence-corrected chi connectivity index (χ0v) is 11.2. The number of fused-ring (bicyclic) bond motifs is 1. The van der Waals surface area contributed by atoms with Crippen LogP contribution in [0.1, 0.15) is 35.4 Å². The predicted molar refractivity (Wildman–Crippen MR) is 69.2 cm³/mol. The van der Waals surface area contributed by atoms with Crippen molar-refractivity contribution in [3.8, 4) is 5.75 Å². The van der Waals surface area contributed by atoms with Crippen LogP contribution < -0.4 is 4.74 Å². The topological polar surface area (TPSA) is 46.5 Å². The molecule has 0 bridgehead atoms. The summed E-state index contributed by atoms with van der Waals surface area (Å²) in [6, 6.07) is 3.55. The maximum Gasteiger partial charge on any atom is 0.430 e. The van der Waals surface area contributed by atoms with Gasteiger partial charge in [0.1, 0.15) is 5.75 Å². The minimum Gasteiger partial charge on any atom is -0.478 e. The normalized spacial score (nSPS) is 21.3. The van der Waals surface area contributed by atoms with Gasteiger partial charge < -0.3 is 9.84 Å². The van der Waals surface area contributed by atoms with Gasteiger partial charge in [0, 0.05) is 5.56 Å². The van der Waals surface area contributed by atoms with E-state index in [1.54, 1.807) is 13.0 Å². The number of aryl methyl sites for hydroxylation is 1. The Kier molecular flexibility index (Phi) is 3.00. The Bertz CT molecular complexity index is 642. The number of carboxylic acids is 1. The average Bonchev–Trinajstić information content (AvgIpc) is 3.20. The van der Waals surface area contributed by atoms with Gasteiger partial charge in [-0.2, -0.15) is 13.2 Å². The fraction of sp³-hybridized carbons (Fsp3) is 0.400. The third-order valence-corrected chi connectivity index (χ3v) is 3.75. The summed E-state index contributed by atoms with van der Waals surface area (Å²) in [4.78, 5) is 11.1. The van der Waals surface area contributed by atoms with E-state index in [4.69, 9.17) is 9.84 Å². The van der Waals surface area contributed by atoms with E-state index in [1.807, 2.05) is 6.07 Å². The molecular formula is C15H13F3O3. The van der Waals surface area contributed by atoms with E-state index in [1.165, 1.54) is 0 Å². The molecule has 1 N–H and O–H groups in total. The van der Waals surface area contributed by atoms with E-state index in [-0.39, 0.29) is 5.75 Å². The van der Waals surface area contributed by atoms with Crippen molar-refractivity contribution in [2.75, 3.05) is 0 Å². The fourth-order valence-corrected chi connectivity index (χ4v) is 2.59. The molecule has 3 rings (SSSR count). The lowest BCUT2D eigenvalue weighted by atomic mass is 9.96. The summed E-state index contributed by atoms with van der Waals surface area (Å²) in [5, 5.41) is 9.01. The molecule has 21 heavy (non-hydrogen) atoms. The second kappa shape index (κ2) is 4.51. The molecule has 1 aromatic carbocycles. The molecule has 1 aliphatic heterocycles. The van der Waals surface area contributed by atoms with Gasteiger partial charge in [0.05, 0.1) is 5.57 Å². The van der Waals surface area contributed by atoms with Crippen molar-refractivity contribution in [3.63, 3.8) is 0 Å². The molecule has 0 amide bonds. The highest BCUT2D eigenvalue weighted by atomic mass is 19.4. The van der Waals surface area contributed by atoms with Crippen LogP contribution in [0.15, 0.2) is 17.7 Å². The Morgan fingerprint density at radius 1 is 1.33 bits per heavy atom. The summed E-state index contributed by atoms with van der Waals surface area (Å²) in [5.41, 5.74) is 1.27.